The van der Waals surface area contributed by atoms with Gasteiger partial charge in [0.2, 0.25) is 0 Å². The number of hydrogen-bond donors (Lipinski definition) is 0. The fourth-order valence-electron chi connectivity index (χ4n) is 1.35. The largest absolute Gasteiger partial charge is 0.460 e. The first-order valence-corrected chi connectivity index (χ1v) is 6.02. The Bertz CT molecular complexity index is 437. The standard InChI is InChI=1S/C7H9ClO2.C5H3ClO2/c1-5-6(7(8)9)3-2-4-10-5;6-5(7)4-2-1-3-8-4/h3,5H,2,4H2,1H3;1-3H. The lowest BCUT2D eigenvalue weighted by Gasteiger charge is -2.17. The van der Waals surface area contributed by atoms with E-state index < -0.39 is 10.5 Å². The fourth-order valence-corrected chi connectivity index (χ4v) is 1.68. The van der Waals surface area contributed by atoms with Crippen LogP contribution in [0.15, 0.2) is 34.5 Å². The second-order valence-electron chi connectivity index (χ2n) is 3.49. The summed E-state index contributed by atoms with van der Waals surface area (Å²) in [4.78, 5) is 20.8. The van der Waals surface area contributed by atoms with Crippen LogP contribution in [0.5, 0.6) is 0 Å². The van der Waals surface area contributed by atoms with Crippen LogP contribution in [-0.2, 0) is 9.53 Å². The molecule has 6 heteroatoms. The molecule has 1 unspecified atom stereocenters. The Labute approximate surface area is 114 Å². The van der Waals surface area contributed by atoms with E-state index in [1.807, 2.05) is 13.0 Å². The third kappa shape index (κ3) is 4.64. The Morgan fingerprint density at radius 3 is 2.39 bits per heavy atom. The smallest absolute Gasteiger partial charge is 0.287 e. The second kappa shape index (κ2) is 7.36. The van der Waals surface area contributed by atoms with Crippen LogP contribution >= 0.6 is 23.2 Å². The molecule has 2 rings (SSSR count). The molecule has 4 nitrogen and oxygen atoms in total. The molecule has 0 aromatic carbocycles. The monoisotopic (exact) mass is 290 g/mol. The topological polar surface area (TPSA) is 56.5 Å². The van der Waals surface area contributed by atoms with E-state index >= 15 is 0 Å². The van der Waals surface area contributed by atoms with Crippen LogP contribution in [0.25, 0.3) is 0 Å². The highest BCUT2D eigenvalue weighted by atomic mass is 35.5. The lowest BCUT2D eigenvalue weighted by Crippen LogP contribution is -2.20. The van der Waals surface area contributed by atoms with E-state index in [1.54, 1.807) is 6.07 Å². The first-order valence-electron chi connectivity index (χ1n) is 5.27. The second-order valence-corrected chi connectivity index (χ2v) is 4.17. The number of carbonyl (C=O) groups excluding carboxylic acids is 2. The van der Waals surface area contributed by atoms with Gasteiger partial charge in [-0.1, -0.05) is 6.08 Å². The third-order valence-corrected chi connectivity index (χ3v) is 2.63. The molecule has 2 heterocycles. The minimum Gasteiger partial charge on any atom is -0.460 e. The molecule has 0 bridgehead atoms. The molecule has 0 fully saturated rings. The van der Waals surface area contributed by atoms with E-state index in [9.17, 15) is 9.59 Å². The van der Waals surface area contributed by atoms with E-state index in [0.29, 0.717) is 12.2 Å². The molecule has 1 aromatic heterocycles. The van der Waals surface area contributed by atoms with Gasteiger partial charge >= 0.3 is 0 Å². The molecule has 0 amide bonds. The first-order chi connectivity index (χ1) is 8.52. The number of furan rings is 1. The highest BCUT2D eigenvalue weighted by Gasteiger charge is 2.17. The SMILES string of the molecule is CC1OCCC=C1C(=O)Cl.O=C(Cl)c1ccco1. The van der Waals surface area contributed by atoms with Crippen LogP contribution in [0.4, 0.5) is 0 Å². The summed E-state index contributed by atoms with van der Waals surface area (Å²) in [5, 5.41) is -0.956. The fraction of sp³-hybridized carbons (Fsp3) is 0.333. The maximum Gasteiger partial charge on any atom is 0.287 e. The molecule has 1 aromatic rings. The Balaban J connectivity index is 0.000000184. The molecule has 1 atom stereocenters. The van der Waals surface area contributed by atoms with Gasteiger partial charge in [0.15, 0.2) is 5.76 Å². The van der Waals surface area contributed by atoms with Gasteiger partial charge in [-0.05, 0) is 48.7 Å². The summed E-state index contributed by atoms with van der Waals surface area (Å²) >= 11 is 10.3. The summed E-state index contributed by atoms with van der Waals surface area (Å²) in [6, 6.07) is 3.12. The zero-order valence-corrected chi connectivity index (χ0v) is 11.2. The third-order valence-electron chi connectivity index (χ3n) is 2.23. The van der Waals surface area contributed by atoms with Gasteiger partial charge in [0.1, 0.15) is 0 Å². The van der Waals surface area contributed by atoms with Crippen LogP contribution < -0.4 is 0 Å². The number of hydrogen-bond acceptors (Lipinski definition) is 4. The van der Waals surface area contributed by atoms with E-state index in [2.05, 4.69) is 4.42 Å². The maximum atomic E-state index is 10.6. The van der Waals surface area contributed by atoms with E-state index in [-0.39, 0.29) is 11.9 Å². The van der Waals surface area contributed by atoms with E-state index in [0.717, 1.165) is 6.42 Å². The molecule has 0 saturated carbocycles. The average molecular weight is 291 g/mol. The van der Waals surface area contributed by atoms with Gasteiger partial charge in [0.05, 0.1) is 19.0 Å². The Morgan fingerprint density at radius 1 is 1.33 bits per heavy atom. The molecular formula is C12H12Cl2O4. The normalized spacial score (nSPS) is 18.4. The predicted octanol–water partition coefficient (Wildman–Crippen LogP) is 3.15. The van der Waals surface area contributed by atoms with Gasteiger partial charge in [-0.3, -0.25) is 9.59 Å². The Hall–Kier alpha value is -1.10. The quantitative estimate of drug-likeness (QED) is 0.785. The number of ether oxygens (including phenoxy) is 1. The number of carbonyl (C=O) groups is 2. The zero-order valence-electron chi connectivity index (χ0n) is 9.69. The lowest BCUT2D eigenvalue weighted by atomic mass is 10.1. The molecule has 0 spiro atoms. The summed E-state index contributed by atoms with van der Waals surface area (Å²) < 4.78 is 9.79. The number of halogens is 2. The van der Waals surface area contributed by atoms with Gasteiger partial charge in [-0.15, -0.1) is 0 Å². The van der Waals surface area contributed by atoms with Crippen molar-refractivity contribution >= 4 is 33.7 Å². The minimum atomic E-state index is -0.560. The van der Waals surface area contributed by atoms with E-state index in [1.165, 1.54) is 12.3 Å². The summed E-state index contributed by atoms with van der Waals surface area (Å²) in [5.74, 6) is 0.187. The van der Waals surface area contributed by atoms with Crippen LogP contribution in [0.1, 0.15) is 23.9 Å². The zero-order chi connectivity index (χ0) is 13.5. The Kier molecular flexibility index (Phi) is 6.12. The van der Waals surface area contributed by atoms with Crippen molar-refractivity contribution in [3.8, 4) is 0 Å². The molecule has 0 radical (unpaired) electrons. The van der Waals surface area contributed by atoms with Crippen molar-refractivity contribution < 1.29 is 18.7 Å². The van der Waals surface area contributed by atoms with Crippen molar-refractivity contribution in [2.24, 2.45) is 0 Å². The molecule has 1 aliphatic heterocycles. The molecule has 0 N–H and O–H groups in total. The summed E-state index contributed by atoms with van der Waals surface area (Å²) in [5.41, 5.74) is 0.591. The van der Waals surface area contributed by atoms with Gasteiger partial charge in [-0.2, -0.15) is 0 Å². The van der Waals surface area contributed by atoms with Crippen LogP contribution in [-0.4, -0.2) is 23.2 Å². The maximum absolute atomic E-state index is 10.6. The number of rotatable bonds is 2. The van der Waals surface area contributed by atoms with Gasteiger partial charge in [0, 0.05) is 5.57 Å². The predicted molar refractivity (Wildman–Crippen MR) is 67.9 cm³/mol. The minimum absolute atomic E-state index is 0.126. The average Bonchev–Trinajstić information content (AvgIpc) is 2.83. The van der Waals surface area contributed by atoms with Crippen LogP contribution in [0, 0.1) is 0 Å². The summed E-state index contributed by atoms with van der Waals surface area (Å²) in [7, 11) is 0. The highest BCUT2D eigenvalue weighted by molar-refractivity contribution is 6.68. The lowest BCUT2D eigenvalue weighted by molar-refractivity contribution is -0.110. The summed E-state index contributed by atoms with van der Waals surface area (Å²) in [6.45, 7) is 2.51. The molecule has 0 aliphatic carbocycles. The molecule has 1 aliphatic rings. The first kappa shape index (κ1) is 15.0. The van der Waals surface area contributed by atoms with E-state index in [4.69, 9.17) is 27.9 Å². The van der Waals surface area contributed by atoms with Crippen molar-refractivity contribution in [3.63, 3.8) is 0 Å². The van der Waals surface area contributed by atoms with Gasteiger partial charge in [-0.25, -0.2) is 0 Å². The van der Waals surface area contributed by atoms with Gasteiger partial charge in [0.25, 0.3) is 10.5 Å². The van der Waals surface area contributed by atoms with Crippen molar-refractivity contribution in [2.75, 3.05) is 6.61 Å². The van der Waals surface area contributed by atoms with Gasteiger partial charge < -0.3 is 9.15 Å². The van der Waals surface area contributed by atoms with Crippen LogP contribution in [0.3, 0.4) is 0 Å². The Morgan fingerprint density at radius 2 is 2.06 bits per heavy atom. The van der Waals surface area contributed by atoms with Crippen LogP contribution in [0.2, 0.25) is 0 Å². The molecule has 98 valence electrons. The van der Waals surface area contributed by atoms with Crippen molar-refractivity contribution in [2.45, 2.75) is 19.4 Å². The molecule has 18 heavy (non-hydrogen) atoms. The highest BCUT2D eigenvalue weighted by Crippen LogP contribution is 2.15. The van der Waals surface area contributed by atoms with Crippen molar-refractivity contribution in [3.05, 3.63) is 35.8 Å². The van der Waals surface area contributed by atoms with Crippen molar-refractivity contribution in [1.82, 2.24) is 0 Å². The summed E-state index contributed by atoms with van der Waals surface area (Å²) in [6.07, 6.45) is 3.90. The molecular weight excluding hydrogens is 279 g/mol. The van der Waals surface area contributed by atoms with Crippen molar-refractivity contribution in [1.29, 1.82) is 0 Å². The molecule has 0 saturated heterocycles.